The average Bonchev–Trinajstić information content (AvgIpc) is 3.04. The Labute approximate surface area is 236 Å². The van der Waals surface area contributed by atoms with E-state index in [-0.39, 0.29) is 5.92 Å². The summed E-state index contributed by atoms with van der Waals surface area (Å²) in [5, 5.41) is 9.22. The number of fused-ring (bicyclic) bond motifs is 1. The Hall–Kier alpha value is -4.61. The molecule has 3 atom stereocenters. The number of nitrogens with zero attached hydrogens (tertiary/aromatic N) is 1. The third-order valence-corrected chi connectivity index (χ3v) is 8.80. The molecular weight excluding hydrogens is 486 g/mol. The number of rotatable bonds is 4. The topological polar surface area (TPSA) is 33.0 Å². The first-order chi connectivity index (χ1) is 19.8. The van der Waals surface area contributed by atoms with Crippen molar-refractivity contribution in [2.24, 2.45) is 5.92 Å². The van der Waals surface area contributed by atoms with Gasteiger partial charge in [-0.25, -0.2) is 0 Å². The molecule has 0 radical (unpaired) electrons. The summed E-state index contributed by atoms with van der Waals surface area (Å²) in [6.07, 6.45) is 12.6. The smallest absolute Gasteiger partial charge is 0.132 e. The standard InChI is InChI=1S/C38H31NO/c39-26-27-17-19-28(20-18-27)29-21-23-30(24-22-29)31-9-8-12-33(25-31)38(32-10-2-1-3-11-32)34-13-4-6-15-36(34)40-37-16-7-5-14-35(37)38/h1-4,6-13,15-17,19,21-25,27-28H,5,14,18,20H2. The average molecular weight is 518 g/mol. The van der Waals surface area contributed by atoms with E-state index >= 15 is 0 Å². The van der Waals surface area contributed by atoms with E-state index in [1.165, 1.54) is 39.0 Å². The summed E-state index contributed by atoms with van der Waals surface area (Å²) in [6.45, 7) is 0. The predicted molar refractivity (Wildman–Crippen MR) is 161 cm³/mol. The number of hydrogen-bond acceptors (Lipinski definition) is 2. The van der Waals surface area contributed by atoms with Gasteiger partial charge in [0.1, 0.15) is 11.5 Å². The van der Waals surface area contributed by atoms with Gasteiger partial charge >= 0.3 is 0 Å². The van der Waals surface area contributed by atoms with Crippen LogP contribution in [0.5, 0.6) is 5.75 Å². The molecule has 0 N–H and O–H groups in total. The predicted octanol–water partition coefficient (Wildman–Crippen LogP) is 9.26. The monoisotopic (exact) mass is 517 g/mol. The van der Waals surface area contributed by atoms with Crippen LogP contribution in [0, 0.1) is 17.2 Å². The highest BCUT2D eigenvalue weighted by molar-refractivity contribution is 5.71. The molecule has 1 heterocycles. The van der Waals surface area contributed by atoms with Gasteiger partial charge in [-0.2, -0.15) is 5.26 Å². The van der Waals surface area contributed by atoms with Gasteiger partial charge in [0.25, 0.3) is 0 Å². The fourth-order valence-electron chi connectivity index (χ4n) is 6.83. The summed E-state index contributed by atoms with van der Waals surface area (Å²) in [4.78, 5) is 0. The van der Waals surface area contributed by atoms with Gasteiger partial charge in [0, 0.05) is 11.5 Å². The first-order valence-electron chi connectivity index (χ1n) is 14.3. The van der Waals surface area contributed by atoms with Crippen LogP contribution in [0.25, 0.3) is 11.1 Å². The lowest BCUT2D eigenvalue weighted by Crippen LogP contribution is -2.37. The minimum absolute atomic E-state index is 0.0563. The first kappa shape index (κ1) is 24.4. The first-order valence-corrected chi connectivity index (χ1v) is 14.3. The van der Waals surface area contributed by atoms with Crippen LogP contribution in [-0.4, -0.2) is 0 Å². The van der Waals surface area contributed by atoms with Gasteiger partial charge in [0.2, 0.25) is 0 Å². The molecule has 4 aromatic carbocycles. The highest BCUT2D eigenvalue weighted by Gasteiger charge is 2.46. The van der Waals surface area contributed by atoms with Crippen molar-refractivity contribution >= 4 is 0 Å². The lowest BCUT2D eigenvalue weighted by molar-refractivity contribution is 0.387. The van der Waals surface area contributed by atoms with Crippen molar-refractivity contribution in [3.05, 3.63) is 161 Å². The maximum absolute atomic E-state index is 9.22. The third-order valence-electron chi connectivity index (χ3n) is 8.80. The van der Waals surface area contributed by atoms with E-state index in [1.54, 1.807) is 0 Å². The van der Waals surface area contributed by atoms with Crippen molar-refractivity contribution in [3.63, 3.8) is 0 Å². The summed E-state index contributed by atoms with van der Waals surface area (Å²) in [5.74, 6) is 2.34. The molecule has 7 rings (SSSR count). The Bertz CT molecular complexity index is 1690. The van der Waals surface area contributed by atoms with E-state index < -0.39 is 5.41 Å². The molecule has 40 heavy (non-hydrogen) atoms. The van der Waals surface area contributed by atoms with Crippen molar-refractivity contribution in [1.82, 2.24) is 0 Å². The second-order valence-corrected chi connectivity index (χ2v) is 11.0. The Morgan fingerprint density at radius 3 is 2.35 bits per heavy atom. The molecule has 4 aromatic rings. The Morgan fingerprint density at radius 1 is 0.750 bits per heavy atom. The van der Waals surface area contributed by atoms with Gasteiger partial charge in [-0.15, -0.1) is 0 Å². The van der Waals surface area contributed by atoms with Crippen LogP contribution in [0.2, 0.25) is 0 Å². The fourth-order valence-corrected chi connectivity index (χ4v) is 6.83. The second-order valence-electron chi connectivity index (χ2n) is 11.0. The summed E-state index contributed by atoms with van der Waals surface area (Å²) < 4.78 is 6.50. The zero-order valence-electron chi connectivity index (χ0n) is 22.5. The van der Waals surface area contributed by atoms with Crippen molar-refractivity contribution in [3.8, 4) is 22.9 Å². The minimum atomic E-state index is -0.434. The highest BCUT2D eigenvalue weighted by atomic mass is 16.5. The molecule has 3 aliphatic rings. The fraction of sp³-hybridized carbons (Fsp3) is 0.184. The molecule has 2 nitrogen and oxygen atoms in total. The van der Waals surface area contributed by atoms with Gasteiger partial charge < -0.3 is 4.74 Å². The van der Waals surface area contributed by atoms with Crippen molar-refractivity contribution in [2.45, 2.75) is 37.0 Å². The molecule has 2 aliphatic carbocycles. The van der Waals surface area contributed by atoms with E-state index in [0.717, 1.165) is 37.2 Å². The molecule has 0 saturated carbocycles. The van der Waals surface area contributed by atoms with Crippen LogP contribution >= 0.6 is 0 Å². The molecule has 1 aliphatic heterocycles. The van der Waals surface area contributed by atoms with Gasteiger partial charge in [0.05, 0.1) is 17.4 Å². The quantitative estimate of drug-likeness (QED) is 0.253. The zero-order chi connectivity index (χ0) is 26.9. The molecule has 0 spiro atoms. The number of hydrogen-bond donors (Lipinski definition) is 0. The second kappa shape index (κ2) is 10.2. The van der Waals surface area contributed by atoms with Crippen LogP contribution in [0.4, 0.5) is 0 Å². The minimum Gasteiger partial charge on any atom is -0.457 e. The molecule has 194 valence electrons. The zero-order valence-corrected chi connectivity index (χ0v) is 22.5. The van der Waals surface area contributed by atoms with Crippen molar-refractivity contribution in [1.29, 1.82) is 5.26 Å². The van der Waals surface area contributed by atoms with Crippen LogP contribution in [0.3, 0.4) is 0 Å². The molecular formula is C38H31NO. The van der Waals surface area contributed by atoms with Crippen molar-refractivity contribution < 1.29 is 4.74 Å². The highest BCUT2D eigenvalue weighted by Crippen LogP contribution is 2.55. The van der Waals surface area contributed by atoms with Crippen LogP contribution in [0.1, 0.15) is 53.9 Å². The van der Waals surface area contributed by atoms with Crippen LogP contribution in [-0.2, 0) is 5.41 Å². The van der Waals surface area contributed by atoms with Gasteiger partial charge in [-0.1, -0.05) is 109 Å². The lowest BCUT2D eigenvalue weighted by atomic mass is 9.61. The molecule has 3 unspecified atom stereocenters. The van der Waals surface area contributed by atoms with Gasteiger partial charge in [-0.3, -0.25) is 0 Å². The number of para-hydroxylation sites is 1. The van der Waals surface area contributed by atoms with E-state index in [0.29, 0.717) is 5.92 Å². The third kappa shape index (κ3) is 4.02. The number of benzene rings is 4. The maximum Gasteiger partial charge on any atom is 0.132 e. The molecule has 0 amide bonds. The molecule has 0 bridgehead atoms. The summed E-state index contributed by atoms with van der Waals surface area (Å²) in [6, 6.07) is 39.9. The Balaban J connectivity index is 1.36. The van der Waals surface area contributed by atoms with E-state index in [2.05, 4.69) is 134 Å². The lowest BCUT2D eigenvalue weighted by Gasteiger charge is -2.43. The van der Waals surface area contributed by atoms with Crippen LogP contribution < -0.4 is 4.74 Å². The van der Waals surface area contributed by atoms with E-state index in [9.17, 15) is 5.26 Å². The molecule has 2 heteroatoms. The number of allylic oxidation sites excluding steroid dienone is 5. The van der Waals surface area contributed by atoms with Gasteiger partial charge in [0.15, 0.2) is 0 Å². The number of nitriles is 1. The SMILES string of the molecule is N#CC1C=CC(c2ccc(-c3cccc(C4(c5ccccc5)C5=C(C=CCC5)Oc5ccccc54)c3)cc2)CC1. The largest absolute Gasteiger partial charge is 0.457 e. The Morgan fingerprint density at radius 2 is 1.55 bits per heavy atom. The van der Waals surface area contributed by atoms with Crippen LogP contribution in [0.15, 0.2) is 139 Å². The number of ether oxygens (including phenoxy) is 1. The van der Waals surface area contributed by atoms with E-state index in [4.69, 9.17) is 4.74 Å². The summed E-state index contributed by atoms with van der Waals surface area (Å²) in [5.41, 5.74) is 8.35. The van der Waals surface area contributed by atoms with Crippen molar-refractivity contribution in [2.75, 3.05) is 0 Å². The summed E-state index contributed by atoms with van der Waals surface area (Å²) >= 11 is 0. The molecule has 0 fully saturated rings. The normalized spacial score (nSPS) is 23.1. The van der Waals surface area contributed by atoms with Gasteiger partial charge in [-0.05, 0) is 77.3 Å². The molecule has 0 saturated heterocycles. The Kier molecular flexibility index (Phi) is 6.21. The van der Waals surface area contributed by atoms with E-state index in [1.807, 2.05) is 0 Å². The maximum atomic E-state index is 9.22. The summed E-state index contributed by atoms with van der Waals surface area (Å²) in [7, 11) is 0. The molecule has 0 aromatic heterocycles.